The van der Waals surface area contributed by atoms with Gasteiger partial charge in [-0.1, -0.05) is 59.6 Å². The maximum atomic E-state index is 13.1. The number of methoxy groups -OCH3 is 1. The highest BCUT2D eigenvalue weighted by atomic mass is 79.9. The van der Waals surface area contributed by atoms with E-state index in [4.69, 9.17) is 37.7 Å². The largest absolute Gasteiger partial charge is 0.493 e. The molecule has 1 aliphatic rings. The van der Waals surface area contributed by atoms with Gasteiger partial charge in [-0.05, 0) is 63.5 Å². The average molecular weight is 614 g/mol. The first-order chi connectivity index (χ1) is 18.4. The second-order valence-electron chi connectivity index (χ2n) is 8.89. The van der Waals surface area contributed by atoms with Crippen LogP contribution in [0.2, 0.25) is 10.0 Å². The van der Waals surface area contributed by atoms with Crippen molar-refractivity contribution in [2.75, 3.05) is 13.7 Å². The van der Waals surface area contributed by atoms with Crippen LogP contribution in [-0.4, -0.2) is 36.6 Å². The lowest BCUT2D eigenvalue weighted by Gasteiger charge is -2.25. The van der Waals surface area contributed by atoms with Crippen LogP contribution in [0.15, 0.2) is 65.3 Å². The lowest BCUT2D eigenvalue weighted by molar-refractivity contribution is -0.142. The standard InChI is InChI=1S/C29H23BrCl2N2O4/c1-37-29(36)23(34-28(35)24-21(31)9-4-10-22(24)32)14-16-11-12-20(27-19(16)8-5-13-38-27)26-25(30)18-7-3-2-6-17(18)15-33-26/h2-4,6-7,9-12,15,23H,5,8,13-14H2,1H3,(H,34,35)/t23-/m0/s1. The zero-order chi connectivity index (χ0) is 26.8. The van der Waals surface area contributed by atoms with Gasteiger partial charge in [0.05, 0.1) is 39.5 Å². The molecule has 0 saturated heterocycles. The van der Waals surface area contributed by atoms with E-state index in [1.54, 1.807) is 18.2 Å². The molecule has 0 saturated carbocycles. The third-order valence-electron chi connectivity index (χ3n) is 6.57. The highest BCUT2D eigenvalue weighted by molar-refractivity contribution is 9.10. The second kappa shape index (κ2) is 11.3. The zero-order valence-electron chi connectivity index (χ0n) is 20.4. The quantitative estimate of drug-likeness (QED) is 0.242. The number of halogens is 3. The Bertz CT molecular complexity index is 1540. The number of nitrogens with one attached hydrogen (secondary N) is 1. The lowest BCUT2D eigenvalue weighted by Crippen LogP contribution is -2.43. The number of ether oxygens (including phenoxy) is 2. The van der Waals surface area contributed by atoms with Crippen molar-refractivity contribution in [3.8, 4) is 17.0 Å². The lowest BCUT2D eigenvalue weighted by atomic mass is 9.91. The van der Waals surface area contributed by atoms with Gasteiger partial charge in [0.15, 0.2) is 0 Å². The predicted octanol–water partition coefficient (Wildman–Crippen LogP) is 6.81. The van der Waals surface area contributed by atoms with Gasteiger partial charge in [0.25, 0.3) is 5.91 Å². The molecule has 1 atom stereocenters. The SMILES string of the molecule is COC(=O)[C@H](Cc1ccc(-c2ncc3ccccc3c2Br)c2c1CCCO2)NC(=O)c1c(Cl)cccc1Cl. The van der Waals surface area contributed by atoms with Crippen molar-refractivity contribution >= 4 is 61.8 Å². The van der Waals surface area contributed by atoms with Gasteiger partial charge in [0.2, 0.25) is 0 Å². The third-order valence-corrected chi connectivity index (χ3v) is 8.01. The van der Waals surface area contributed by atoms with E-state index in [9.17, 15) is 9.59 Å². The minimum Gasteiger partial charge on any atom is -0.493 e. The fraction of sp³-hybridized carbons (Fsp3) is 0.207. The number of nitrogens with zero attached hydrogens (tertiary/aromatic N) is 1. The maximum absolute atomic E-state index is 13.1. The molecule has 6 nitrogen and oxygen atoms in total. The number of rotatable bonds is 6. The number of carbonyl (C=O) groups excluding carboxylic acids is 2. The molecule has 5 rings (SSSR count). The van der Waals surface area contributed by atoms with Gasteiger partial charge in [0, 0.05) is 23.6 Å². The van der Waals surface area contributed by atoms with Crippen molar-refractivity contribution < 1.29 is 19.1 Å². The van der Waals surface area contributed by atoms with E-state index in [-0.39, 0.29) is 22.0 Å². The third kappa shape index (κ3) is 5.10. The van der Waals surface area contributed by atoms with E-state index in [0.29, 0.717) is 6.61 Å². The van der Waals surface area contributed by atoms with Gasteiger partial charge >= 0.3 is 5.97 Å². The van der Waals surface area contributed by atoms with Gasteiger partial charge in [-0.15, -0.1) is 0 Å². The Morgan fingerprint density at radius 3 is 2.63 bits per heavy atom. The normalized spacial score (nSPS) is 13.4. The molecule has 2 heterocycles. The first kappa shape index (κ1) is 26.5. The minimum atomic E-state index is -0.956. The molecule has 3 aromatic carbocycles. The van der Waals surface area contributed by atoms with Crippen LogP contribution in [0.4, 0.5) is 0 Å². The summed E-state index contributed by atoms with van der Waals surface area (Å²) in [4.78, 5) is 30.5. The number of carbonyl (C=O) groups is 2. The molecule has 1 aliphatic heterocycles. The maximum Gasteiger partial charge on any atom is 0.328 e. The van der Waals surface area contributed by atoms with Gasteiger partial charge in [-0.25, -0.2) is 4.79 Å². The molecule has 0 aliphatic carbocycles. The summed E-state index contributed by atoms with van der Waals surface area (Å²) in [6.07, 6.45) is 3.65. The number of pyridine rings is 1. The monoisotopic (exact) mass is 612 g/mol. The van der Waals surface area contributed by atoms with Crippen LogP contribution in [-0.2, 0) is 22.4 Å². The summed E-state index contributed by atoms with van der Waals surface area (Å²) in [6, 6.07) is 15.8. The molecule has 0 unspecified atom stereocenters. The van der Waals surface area contributed by atoms with E-state index in [2.05, 4.69) is 21.2 Å². The molecule has 38 heavy (non-hydrogen) atoms. The fourth-order valence-corrected chi connectivity index (χ4v) is 5.97. The van der Waals surface area contributed by atoms with Crippen LogP contribution in [0.5, 0.6) is 5.75 Å². The van der Waals surface area contributed by atoms with Crippen LogP contribution < -0.4 is 10.1 Å². The molecule has 4 aromatic rings. The van der Waals surface area contributed by atoms with Crippen LogP contribution in [0.1, 0.15) is 27.9 Å². The fourth-order valence-electron chi connectivity index (χ4n) is 4.72. The molecular weight excluding hydrogens is 591 g/mol. The number of fused-ring (bicyclic) bond motifs is 2. The van der Waals surface area contributed by atoms with E-state index in [1.165, 1.54) is 7.11 Å². The number of hydrogen-bond acceptors (Lipinski definition) is 5. The second-order valence-corrected chi connectivity index (χ2v) is 10.5. The van der Waals surface area contributed by atoms with Crippen molar-refractivity contribution in [3.05, 3.63) is 92.0 Å². The van der Waals surface area contributed by atoms with E-state index < -0.39 is 17.9 Å². The molecule has 1 amide bonds. The van der Waals surface area contributed by atoms with Crippen LogP contribution in [0.3, 0.4) is 0 Å². The zero-order valence-corrected chi connectivity index (χ0v) is 23.5. The number of aromatic nitrogens is 1. The summed E-state index contributed by atoms with van der Waals surface area (Å²) in [6.45, 7) is 0.580. The Balaban J connectivity index is 1.51. The summed E-state index contributed by atoms with van der Waals surface area (Å²) in [5.41, 5.74) is 3.61. The Hall–Kier alpha value is -3.13. The van der Waals surface area contributed by atoms with E-state index in [0.717, 1.165) is 56.2 Å². The summed E-state index contributed by atoms with van der Waals surface area (Å²) >= 11 is 16.2. The van der Waals surface area contributed by atoms with Crippen molar-refractivity contribution in [2.45, 2.75) is 25.3 Å². The van der Waals surface area contributed by atoms with Crippen LogP contribution >= 0.6 is 39.1 Å². The summed E-state index contributed by atoms with van der Waals surface area (Å²) in [5.74, 6) is -0.390. The molecule has 0 bridgehead atoms. The highest BCUT2D eigenvalue weighted by Gasteiger charge is 2.28. The first-order valence-electron chi connectivity index (χ1n) is 12.0. The first-order valence-corrected chi connectivity index (χ1v) is 13.6. The molecule has 194 valence electrons. The van der Waals surface area contributed by atoms with Crippen molar-refractivity contribution in [1.82, 2.24) is 10.3 Å². The van der Waals surface area contributed by atoms with Gasteiger partial charge in [0.1, 0.15) is 11.8 Å². The average Bonchev–Trinajstić information content (AvgIpc) is 2.93. The summed E-state index contributed by atoms with van der Waals surface area (Å²) in [5, 5.41) is 5.23. The van der Waals surface area contributed by atoms with E-state index in [1.807, 2.05) is 42.6 Å². The molecule has 9 heteroatoms. The number of hydrogen-bond donors (Lipinski definition) is 1. The van der Waals surface area contributed by atoms with Gasteiger partial charge in [-0.3, -0.25) is 9.78 Å². The Kier molecular flexibility index (Phi) is 7.88. The van der Waals surface area contributed by atoms with Crippen molar-refractivity contribution in [1.29, 1.82) is 0 Å². The molecule has 0 fully saturated rings. The smallest absolute Gasteiger partial charge is 0.328 e. The highest BCUT2D eigenvalue weighted by Crippen LogP contribution is 2.42. The van der Waals surface area contributed by atoms with Crippen molar-refractivity contribution in [2.24, 2.45) is 0 Å². The molecule has 1 aromatic heterocycles. The Morgan fingerprint density at radius 1 is 1.11 bits per heavy atom. The number of amides is 1. The van der Waals surface area contributed by atoms with Gasteiger partial charge < -0.3 is 14.8 Å². The van der Waals surface area contributed by atoms with Crippen LogP contribution in [0.25, 0.3) is 22.0 Å². The minimum absolute atomic E-state index is 0.109. The summed E-state index contributed by atoms with van der Waals surface area (Å²) in [7, 11) is 1.29. The Labute approximate surface area is 238 Å². The van der Waals surface area contributed by atoms with Gasteiger partial charge in [-0.2, -0.15) is 0 Å². The van der Waals surface area contributed by atoms with Crippen LogP contribution in [0, 0.1) is 0 Å². The predicted molar refractivity (Wildman–Crippen MR) is 152 cm³/mol. The topological polar surface area (TPSA) is 77.5 Å². The molecule has 0 spiro atoms. The molecule has 1 N–H and O–H groups in total. The number of esters is 1. The van der Waals surface area contributed by atoms with Crippen molar-refractivity contribution in [3.63, 3.8) is 0 Å². The molecular formula is C29H23BrCl2N2O4. The Morgan fingerprint density at radius 2 is 1.87 bits per heavy atom. The molecule has 0 radical (unpaired) electrons. The van der Waals surface area contributed by atoms with E-state index >= 15 is 0 Å². The summed E-state index contributed by atoms with van der Waals surface area (Å²) < 4.78 is 12.1. The number of benzene rings is 3.